The van der Waals surface area contributed by atoms with Crippen LogP contribution >= 0.6 is 39.3 Å². The van der Waals surface area contributed by atoms with Crippen molar-refractivity contribution in [3.05, 3.63) is 57.5 Å². The van der Waals surface area contributed by atoms with Gasteiger partial charge in [0.25, 0.3) is 0 Å². The van der Waals surface area contributed by atoms with Crippen LogP contribution in [0.1, 0.15) is 18.9 Å². The molecule has 3 rings (SSSR count). The first kappa shape index (κ1) is 22.3. The average molecular weight is 510 g/mol. The van der Waals surface area contributed by atoms with Crippen LogP contribution in [0.5, 0.6) is 5.75 Å². The van der Waals surface area contributed by atoms with Gasteiger partial charge in [0.2, 0.25) is 11.8 Å². The molecule has 2 amide bonds. The number of methoxy groups -OCH3 is 1. The first-order valence-corrected chi connectivity index (χ1v) is 10.9. The van der Waals surface area contributed by atoms with Crippen molar-refractivity contribution in [2.45, 2.75) is 18.6 Å². The molecule has 1 saturated heterocycles. The first-order valence-electron chi connectivity index (χ1n) is 8.85. The van der Waals surface area contributed by atoms with E-state index in [9.17, 15) is 9.59 Å². The van der Waals surface area contributed by atoms with Crippen LogP contribution in [0.2, 0.25) is 5.02 Å². The van der Waals surface area contributed by atoms with Gasteiger partial charge in [-0.2, -0.15) is 5.10 Å². The van der Waals surface area contributed by atoms with Gasteiger partial charge in [0, 0.05) is 17.1 Å². The van der Waals surface area contributed by atoms with Gasteiger partial charge >= 0.3 is 0 Å². The Hall–Kier alpha value is -2.36. The number of anilines is 1. The first-order chi connectivity index (χ1) is 14.4. The number of benzene rings is 2. The smallest absolute Gasteiger partial charge is 0.240 e. The van der Waals surface area contributed by atoms with Crippen LogP contribution in [-0.2, 0) is 9.59 Å². The fourth-order valence-electron chi connectivity index (χ4n) is 2.57. The Morgan fingerprint density at radius 3 is 2.70 bits per heavy atom. The van der Waals surface area contributed by atoms with Gasteiger partial charge in [-0.3, -0.25) is 9.59 Å². The lowest BCUT2D eigenvalue weighted by molar-refractivity contribution is -0.122. The van der Waals surface area contributed by atoms with Crippen molar-refractivity contribution in [3.8, 4) is 5.75 Å². The molecule has 30 heavy (non-hydrogen) atoms. The van der Waals surface area contributed by atoms with Crippen molar-refractivity contribution >= 4 is 67.7 Å². The number of thioether (sulfide) groups is 1. The van der Waals surface area contributed by atoms with Crippen LogP contribution in [-0.4, -0.2) is 35.1 Å². The molecule has 0 spiro atoms. The molecule has 1 aliphatic heterocycles. The van der Waals surface area contributed by atoms with Gasteiger partial charge in [-0.25, -0.2) is 0 Å². The summed E-state index contributed by atoms with van der Waals surface area (Å²) in [5, 5.41) is 14.1. The quantitative estimate of drug-likeness (QED) is 0.444. The van der Waals surface area contributed by atoms with Crippen LogP contribution in [0.15, 0.2) is 57.1 Å². The molecule has 7 nitrogen and oxygen atoms in total. The third-order valence-corrected chi connectivity index (χ3v) is 6.08. The molecular weight excluding hydrogens is 492 g/mol. The standard InChI is InChI=1S/C20H18BrClN4O3S/c1-11(12-3-8-16(29-2)15(21)9-12)25-26-20-24-19(28)17(30-20)10-18(27)23-14-6-4-13(22)5-7-14/h3-9,17H,10H2,1-2H3,(H,23,27)(H,24,26,28)/b25-11-/t17-/m1/s1. The van der Waals surface area contributed by atoms with Crippen LogP contribution in [0, 0.1) is 0 Å². The molecule has 1 heterocycles. The summed E-state index contributed by atoms with van der Waals surface area (Å²) in [4.78, 5) is 24.4. The normalized spacial score (nSPS) is 17.7. The summed E-state index contributed by atoms with van der Waals surface area (Å²) < 4.78 is 6.02. The highest BCUT2D eigenvalue weighted by Gasteiger charge is 2.32. The van der Waals surface area contributed by atoms with Crippen molar-refractivity contribution < 1.29 is 14.3 Å². The summed E-state index contributed by atoms with van der Waals surface area (Å²) in [5.74, 6) is 0.176. The number of hydrogen-bond donors (Lipinski definition) is 2. The number of amides is 2. The maximum atomic E-state index is 12.2. The molecule has 0 unspecified atom stereocenters. The molecular formula is C20H18BrClN4O3S. The molecule has 1 aliphatic rings. The van der Waals surface area contributed by atoms with Crippen LogP contribution in [0.4, 0.5) is 5.69 Å². The lowest BCUT2D eigenvalue weighted by atomic mass is 10.1. The van der Waals surface area contributed by atoms with E-state index in [-0.39, 0.29) is 18.2 Å². The predicted octanol–water partition coefficient (Wildman–Crippen LogP) is 4.45. The molecule has 0 aliphatic carbocycles. The number of halogens is 2. The van der Waals surface area contributed by atoms with Crippen molar-refractivity contribution in [2.24, 2.45) is 10.2 Å². The summed E-state index contributed by atoms with van der Waals surface area (Å²) >= 11 is 10.4. The second-order valence-corrected chi connectivity index (χ2v) is 8.78. The van der Waals surface area contributed by atoms with E-state index in [4.69, 9.17) is 16.3 Å². The van der Waals surface area contributed by atoms with Gasteiger partial charge in [0.15, 0.2) is 5.17 Å². The molecule has 2 N–H and O–H groups in total. The Labute approximate surface area is 191 Å². The van der Waals surface area contributed by atoms with Crippen LogP contribution in [0.3, 0.4) is 0 Å². The fourth-order valence-corrected chi connectivity index (χ4v) is 4.15. The number of nitrogens with zero attached hydrogens (tertiary/aromatic N) is 2. The number of nitrogens with one attached hydrogen (secondary N) is 2. The highest BCUT2D eigenvalue weighted by Crippen LogP contribution is 2.26. The summed E-state index contributed by atoms with van der Waals surface area (Å²) in [5.41, 5.74) is 2.15. The lowest BCUT2D eigenvalue weighted by Gasteiger charge is -2.07. The summed E-state index contributed by atoms with van der Waals surface area (Å²) in [6.45, 7) is 1.82. The minimum Gasteiger partial charge on any atom is -0.496 e. The largest absolute Gasteiger partial charge is 0.496 e. The Kier molecular flexibility index (Phi) is 7.52. The Morgan fingerprint density at radius 1 is 1.30 bits per heavy atom. The Bertz CT molecular complexity index is 1030. The summed E-state index contributed by atoms with van der Waals surface area (Å²) in [6, 6.07) is 12.3. The molecule has 1 fully saturated rings. The molecule has 0 aromatic heterocycles. The molecule has 2 aromatic rings. The van der Waals surface area contributed by atoms with E-state index in [1.54, 1.807) is 31.4 Å². The molecule has 0 bridgehead atoms. The number of amidine groups is 1. The van der Waals surface area contributed by atoms with E-state index in [1.807, 2.05) is 25.1 Å². The molecule has 0 saturated carbocycles. The zero-order valence-electron chi connectivity index (χ0n) is 16.1. The number of carbonyl (C=O) groups excluding carboxylic acids is 2. The average Bonchev–Trinajstić information content (AvgIpc) is 3.07. The van der Waals surface area contributed by atoms with Crippen molar-refractivity contribution in [1.82, 2.24) is 5.32 Å². The molecule has 1 atom stereocenters. The van der Waals surface area contributed by atoms with Crippen molar-refractivity contribution in [2.75, 3.05) is 12.4 Å². The van der Waals surface area contributed by atoms with Crippen molar-refractivity contribution in [3.63, 3.8) is 0 Å². The van der Waals surface area contributed by atoms with Gasteiger partial charge in [-0.05, 0) is 70.9 Å². The molecule has 156 valence electrons. The molecule has 10 heteroatoms. The highest BCUT2D eigenvalue weighted by atomic mass is 79.9. The number of rotatable bonds is 6. The van der Waals surface area contributed by atoms with E-state index >= 15 is 0 Å². The second-order valence-electron chi connectivity index (χ2n) is 6.29. The zero-order valence-corrected chi connectivity index (χ0v) is 19.3. The third kappa shape index (κ3) is 5.84. The summed E-state index contributed by atoms with van der Waals surface area (Å²) in [7, 11) is 1.60. The van der Waals surface area contributed by atoms with Gasteiger partial charge in [0.05, 0.1) is 17.3 Å². The highest BCUT2D eigenvalue weighted by molar-refractivity contribution is 9.10. The Balaban J connectivity index is 1.60. The topological polar surface area (TPSA) is 92.2 Å². The van der Waals surface area contributed by atoms with Gasteiger partial charge in [-0.15, -0.1) is 5.10 Å². The maximum Gasteiger partial charge on any atom is 0.240 e. The van der Waals surface area contributed by atoms with Gasteiger partial charge in [0.1, 0.15) is 11.0 Å². The van der Waals surface area contributed by atoms with Gasteiger partial charge < -0.3 is 15.4 Å². The van der Waals surface area contributed by atoms with Gasteiger partial charge in [-0.1, -0.05) is 23.4 Å². The van der Waals surface area contributed by atoms with E-state index in [0.717, 1.165) is 15.8 Å². The SMILES string of the molecule is COc1ccc(/C(C)=N\N=C2\NC(=O)[C@@H](CC(=O)Nc3ccc(Cl)cc3)S2)cc1Br. The fraction of sp³-hybridized carbons (Fsp3) is 0.200. The zero-order chi connectivity index (χ0) is 21.7. The monoisotopic (exact) mass is 508 g/mol. The van der Waals surface area contributed by atoms with E-state index < -0.39 is 5.25 Å². The summed E-state index contributed by atoms with van der Waals surface area (Å²) in [6.07, 6.45) is 0.0201. The van der Waals surface area contributed by atoms with Crippen molar-refractivity contribution in [1.29, 1.82) is 0 Å². The number of hydrogen-bond acceptors (Lipinski definition) is 6. The third-order valence-electron chi connectivity index (χ3n) is 4.14. The predicted molar refractivity (Wildman–Crippen MR) is 125 cm³/mol. The van der Waals surface area contributed by atoms with Crippen LogP contribution in [0.25, 0.3) is 0 Å². The maximum absolute atomic E-state index is 12.2. The lowest BCUT2D eigenvalue weighted by Crippen LogP contribution is -2.28. The number of ether oxygens (including phenoxy) is 1. The Morgan fingerprint density at radius 2 is 2.03 bits per heavy atom. The molecule has 0 radical (unpaired) electrons. The number of carbonyl (C=O) groups is 2. The van der Waals surface area contributed by atoms with Crippen LogP contribution < -0.4 is 15.4 Å². The minimum atomic E-state index is -0.568. The second kappa shape index (κ2) is 10.1. The minimum absolute atomic E-state index is 0.0201. The molecule has 2 aromatic carbocycles. The van der Waals surface area contributed by atoms with E-state index in [2.05, 4.69) is 36.8 Å². The van der Waals surface area contributed by atoms with E-state index in [1.165, 1.54) is 11.8 Å². The van der Waals surface area contributed by atoms with E-state index in [0.29, 0.717) is 21.6 Å².